The molecular formula is C22H41O7P. The molecule has 1 heterocycles. The third-order valence-electron chi connectivity index (χ3n) is 5.95. The van der Waals surface area contributed by atoms with Crippen LogP contribution < -0.4 is 0 Å². The van der Waals surface area contributed by atoms with Crippen LogP contribution >= 0.6 is 7.60 Å². The van der Waals surface area contributed by atoms with Crippen LogP contribution in [0.25, 0.3) is 0 Å². The van der Waals surface area contributed by atoms with Gasteiger partial charge in [-0.25, -0.2) is 0 Å². The first-order valence-corrected chi connectivity index (χ1v) is 12.8. The minimum absolute atomic E-state index is 0.0323. The monoisotopic (exact) mass is 448 g/mol. The number of allylic oxidation sites excluding steroid dienone is 1. The van der Waals surface area contributed by atoms with E-state index < -0.39 is 13.2 Å². The van der Waals surface area contributed by atoms with Crippen molar-refractivity contribution in [1.82, 2.24) is 0 Å². The number of ether oxygens (including phenoxy) is 4. The molecule has 7 nitrogen and oxygen atoms in total. The highest BCUT2D eigenvalue weighted by Gasteiger charge is 2.63. The Hall–Kier alpha value is -0.270. The smallest absolute Gasteiger partial charge is 0.332 e. The summed E-state index contributed by atoms with van der Waals surface area (Å²) in [6.07, 6.45) is 3.73. The highest BCUT2D eigenvalue weighted by molar-refractivity contribution is 7.53. The Balaban J connectivity index is 2.06. The van der Waals surface area contributed by atoms with Crippen molar-refractivity contribution in [2.45, 2.75) is 77.8 Å². The number of epoxide rings is 1. The molecule has 1 aliphatic heterocycles. The fourth-order valence-electron chi connectivity index (χ4n) is 4.52. The van der Waals surface area contributed by atoms with E-state index in [0.29, 0.717) is 26.4 Å². The van der Waals surface area contributed by atoms with Crippen LogP contribution in [0.3, 0.4) is 0 Å². The summed E-state index contributed by atoms with van der Waals surface area (Å²) in [5, 5.41) is 0. The van der Waals surface area contributed by atoms with Gasteiger partial charge in [-0.3, -0.25) is 4.57 Å². The fraction of sp³-hybridized carbons (Fsp3) is 0.909. The van der Waals surface area contributed by atoms with E-state index in [4.69, 9.17) is 28.0 Å². The lowest BCUT2D eigenvalue weighted by molar-refractivity contribution is -0.182. The van der Waals surface area contributed by atoms with Crippen LogP contribution in [-0.4, -0.2) is 69.7 Å². The fourth-order valence-corrected chi connectivity index (χ4v) is 5.97. The summed E-state index contributed by atoms with van der Waals surface area (Å²) >= 11 is 0. The second-order valence-electron chi connectivity index (χ2n) is 8.85. The van der Waals surface area contributed by atoms with Gasteiger partial charge in [-0.15, -0.1) is 0 Å². The quantitative estimate of drug-likeness (QED) is 0.232. The molecule has 176 valence electrons. The van der Waals surface area contributed by atoms with Gasteiger partial charge in [-0.2, -0.15) is 0 Å². The van der Waals surface area contributed by atoms with Gasteiger partial charge in [0.2, 0.25) is 0 Å². The van der Waals surface area contributed by atoms with Gasteiger partial charge < -0.3 is 28.0 Å². The van der Waals surface area contributed by atoms with Crippen LogP contribution in [0.5, 0.6) is 0 Å². The summed E-state index contributed by atoms with van der Waals surface area (Å²) in [7, 11) is -1.41. The number of hydrogen-bond acceptors (Lipinski definition) is 7. The molecule has 0 bridgehead atoms. The van der Waals surface area contributed by atoms with Gasteiger partial charge in [0.1, 0.15) is 0 Å². The lowest BCUT2D eigenvalue weighted by Crippen LogP contribution is -2.58. The van der Waals surface area contributed by atoms with E-state index in [9.17, 15) is 4.57 Å². The van der Waals surface area contributed by atoms with E-state index in [1.54, 1.807) is 7.11 Å². The van der Waals surface area contributed by atoms with E-state index in [0.717, 1.165) is 19.4 Å². The average molecular weight is 449 g/mol. The predicted molar refractivity (Wildman–Crippen MR) is 117 cm³/mol. The molecule has 8 heteroatoms. The molecule has 0 aromatic carbocycles. The van der Waals surface area contributed by atoms with Crippen molar-refractivity contribution in [3.05, 3.63) is 11.6 Å². The number of rotatable bonds is 13. The summed E-state index contributed by atoms with van der Waals surface area (Å²) in [4.78, 5) is 0. The topological polar surface area (TPSA) is 75.8 Å². The molecule has 0 unspecified atom stereocenters. The van der Waals surface area contributed by atoms with Crippen LogP contribution in [0.4, 0.5) is 0 Å². The maximum Gasteiger partial charge on any atom is 0.332 e. The zero-order valence-corrected chi connectivity index (χ0v) is 20.7. The molecule has 0 amide bonds. The minimum Gasteiger partial charge on any atom is -0.378 e. The summed E-state index contributed by atoms with van der Waals surface area (Å²) in [5.41, 5.74) is 0.572. The third-order valence-corrected chi connectivity index (χ3v) is 7.98. The zero-order valence-electron chi connectivity index (χ0n) is 19.8. The first kappa shape index (κ1) is 26.0. The Kier molecular flexibility index (Phi) is 9.56. The largest absolute Gasteiger partial charge is 0.378 e. The van der Waals surface area contributed by atoms with Crippen LogP contribution in [0.2, 0.25) is 0 Å². The number of methoxy groups -OCH3 is 1. The Bertz CT molecular complexity index is 601. The molecule has 2 fully saturated rings. The molecule has 1 aliphatic carbocycles. The van der Waals surface area contributed by atoms with Gasteiger partial charge in [0.05, 0.1) is 62.6 Å². The van der Waals surface area contributed by atoms with Crippen LogP contribution in [-0.2, 0) is 32.6 Å². The van der Waals surface area contributed by atoms with E-state index in [1.807, 2.05) is 13.8 Å². The van der Waals surface area contributed by atoms with Gasteiger partial charge in [-0.1, -0.05) is 11.6 Å². The summed E-state index contributed by atoms with van der Waals surface area (Å²) < 4.78 is 47.8. The highest BCUT2D eigenvalue weighted by Crippen LogP contribution is 2.53. The molecule has 1 saturated carbocycles. The second-order valence-corrected chi connectivity index (χ2v) is 11.0. The van der Waals surface area contributed by atoms with Crippen molar-refractivity contribution < 1.29 is 32.6 Å². The molecule has 4 atom stereocenters. The van der Waals surface area contributed by atoms with Gasteiger partial charge in [-0.05, 0) is 54.4 Å². The van der Waals surface area contributed by atoms with Gasteiger partial charge >= 0.3 is 7.60 Å². The molecule has 0 aromatic heterocycles. The summed E-state index contributed by atoms with van der Waals surface area (Å²) in [5.74, 6) is 0.0323. The van der Waals surface area contributed by atoms with Crippen molar-refractivity contribution in [3.8, 4) is 0 Å². The van der Waals surface area contributed by atoms with Crippen LogP contribution in [0.15, 0.2) is 11.6 Å². The molecule has 1 spiro atoms. The molecule has 2 aliphatic rings. The highest BCUT2D eigenvalue weighted by atomic mass is 31.2. The van der Waals surface area contributed by atoms with Crippen molar-refractivity contribution >= 4 is 7.60 Å². The summed E-state index contributed by atoms with van der Waals surface area (Å²) in [6.45, 7) is 14.2. The molecule has 0 aromatic rings. The first-order chi connectivity index (χ1) is 14.1. The van der Waals surface area contributed by atoms with E-state index in [1.165, 1.54) is 5.57 Å². The first-order valence-electron chi connectivity index (χ1n) is 11.1. The van der Waals surface area contributed by atoms with Gasteiger partial charge in [0.15, 0.2) is 0 Å². The molecule has 30 heavy (non-hydrogen) atoms. The molecular weight excluding hydrogens is 407 g/mol. The maximum atomic E-state index is 12.7. The molecule has 0 radical (unpaired) electrons. The lowest BCUT2D eigenvalue weighted by atomic mass is 9.68. The van der Waals surface area contributed by atoms with E-state index >= 15 is 0 Å². The average Bonchev–Trinajstić information content (AvgIpc) is 3.42. The van der Waals surface area contributed by atoms with Crippen LogP contribution in [0.1, 0.15) is 54.4 Å². The zero-order chi connectivity index (χ0) is 22.4. The Labute approximate surface area is 182 Å². The Morgan fingerprint density at radius 2 is 1.87 bits per heavy atom. The van der Waals surface area contributed by atoms with E-state index in [-0.39, 0.29) is 29.9 Å². The predicted octanol–water partition coefficient (Wildman–Crippen LogP) is 4.59. The lowest BCUT2D eigenvalue weighted by Gasteiger charge is -2.48. The van der Waals surface area contributed by atoms with Gasteiger partial charge in [0, 0.05) is 13.0 Å². The van der Waals surface area contributed by atoms with Crippen molar-refractivity contribution in [2.24, 2.45) is 5.92 Å². The molecule has 2 rings (SSSR count). The van der Waals surface area contributed by atoms with Crippen molar-refractivity contribution in [3.63, 3.8) is 0 Å². The molecule has 0 N–H and O–H groups in total. The normalized spacial score (nSPS) is 29.2. The molecule has 1 saturated heterocycles. The summed E-state index contributed by atoms with van der Waals surface area (Å²) in [6, 6.07) is 0. The SMILES string of the molecule is CCOP(=O)(CCO[C@@H]1CC[C@]2(CO2)[C@@H](C(C)(C)OCC=C(C)C)[C@@H]1OC)OCC. The second kappa shape index (κ2) is 11.0. The van der Waals surface area contributed by atoms with Crippen molar-refractivity contribution in [1.29, 1.82) is 0 Å². The van der Waals surface area contributed by atoms with E-state index in [2.05, 4.69) is 33.8 Å². The Morgan fingerprint density at radius 1 is 1.23 bits per heavy atom. The Morgan fingerprint density at radius 3 is 2.37 bits per heavy atom. The number of hydrogen-bond donors (Lipinski definition) is 0. The minimum atomic E-state index is -3.12. The van der Waals surface area contributed by atoms with Crippen LogP contribution in [0, 0.1) is 5.92 Å². The van der Waals surface area contributed by atoms with Gasteiger partial charge in [0.25, 0.3) is 0 Å². The maximum absolute atomic E-state index is 12.7. The van der Waals surface area contributed by atoms with Crippen molar-refractivity contribution in [2.75, 3.05) is 46.3 Å². The standard InChI is InChI=1S/C22H41O7P/c1-8-28-30(23,29-9-2)15-14-25-18-10-12-22(16-27-22)20(19(18)24-7)21(5,6)26-13-11-17(3)4/h11,18-20H,8-10,12-16H2,1-7H3/t18-,19-,20-,22+/m1/s1. The third kappa shape index (κ3) is 6.61.